The van der Waals surface area contributed by atoms with Crippen molar-refractivity contribution in [1.82, 2.24) is 15.5 Å². The molecule has 0 bridgehead atoms. The predicted octanol–water partition coefficient (Wildman–Crippen LogP) is 2.26. The third-order valence-electron chi connectivity index (χ3n) is 4.65. The second-order valence-electron chi connectivity index (χ2n) is 6.68. The van der Waals surface area contributed by atoms with Gasteiger partial charge < -0.3 is 15.5 Å². The lowest BCUT2D eigenvalue weighted by atomic mass is 10.1. The monoisotopic (exact) mass is 399 g/mol. The highest BCUT2D eigenvalue weighted by molar-refractivity contribution is 6.30. The SMILES string of the molecule is O=C(CNC(=O)C1CCC(=O)N1Cc1ccccc1)NCc1ccc(Cl)cc1. The summed E-state index contributed by atoms with van der Waals surface area (Å²) in [5.74, 6) is -0.637. The first-order valence-electron chi connectivity index (χ1n) is 9.15. The van der Waals surface area contributed by atoms with E-state index in [9.17, 15) is 14.4 Å². The number of hydrogen-bond donors (Lipinski definition) is 2. The Balaban J connectivity index is 1.48. The van der Waals surface area contributed by atoms with Gasteiger partial charge in [-0.2, -0.15) is 0 Å². The molecule has 1 aliphatic rings. The molecule has 7 heteroatoms. The van der Waals surface area contributed by atoms with Crippen molar-refractivity contribution in [3.63, 3.8) is 0 Å². The molecule has 1 aliphatic heterocycles. The van der Waals surface area contributed by atoms with Crippen LogP contribution in [-0.4, -0.2) is 35.2 Å². The van der Waals surface area contributed by atoms with Crippen LogP contribution in [-0.2, 0) is 27.5 Å². The second-order valence-corrected chi connectivity index (χ2v) is 7.12. The van der Waals surface area contributed by atoms with Crippen molar-refractivity contribution in [3.05, 3.63) is 70.7 Å². The smallest absolute Gasteiger partial charge is 0.243 e. The van der Waals surface area contributed by atoms with Crippen molar-refractivity contribution in [2.45, 2.75) is 32.0 Å². The first-order valence-corrected chi connectivity index (χ1v) is 9.53. The molecule has 0 radical (unpaired) electrons. The number of carbonyl (C=O) groups is 3. The number of hydrogen-bond acceptors (Lipinski definition) is 3. The highest BCUT2D eigenvalue weighted by Crippen LogP contribution is 2.21. The first kappa shape index (κ1) is 19.9. The zero-order chi connectivity index (χ0) is 19.9. The molecule has 0 aliphatic carbocycles. The Morgan fingerprint density at radius 3 is 2.43 bits per heavy atom. The standard InChI is InChI=1S/C21H22ClN3O3/c22-17-8-6-15(7-9-17)12-23-19(26)13-24-21(28)18-10-11-20(27)25(18)14-16-4-2-1-3-5-16/h1-9,18H,10-14H2,(H,23,26)(H,24,28). The van der Waals surface area contributed by atoms with Crippen LogP contribution in [0.15, 0.2) is 54.6 Å². The molecule has 0 aromatic heterocycles. The van der Waals surface area contributed by atoms with Crippen molar-refractivity contribution in [1.29, 1.82) is 0 Å². The third kappa shape index (κ3) is 5.33. The molecular formula is C21H22ClN3O3. The number of benzene rings is 2. The number of nitrogens with one attached hydrogen (secondary N) is 2. The molecule has 3 amide bonds. The largest absolute Gasteiger partial charge is 0.350 e. The van der Waals surface area contributed by atoms with E-state index in [4.69, 9.17) is 11.6 Å². The van der Waals surface area contributed by atoms with E-state index in [1.807, 2.05) is 42.5 Å². The Bertz CT molecular complexity index is 840. The fourth-order valence-corrected chi connectivity index (χ4v) is 3.26. The zero-order valence-electron chi connectivity index (χ0n) is 15.4. The summed E-state index contributed by atoms with van der Waals surface area (Å²) >= 11 is 5.83. The van der Waals surface area contributed by atoms with E-state index in [1.165, 1.54) is 0 Å². The van der Waals surface area contributed by atoms with E-state index in [0.29, 0.717) is 31.0 Å². The predicted molar refractivity (Wildman–Crippen MR) is 106 cm³/mol. The molecule has 28 heavy (non-hydrogen) atoms. The molecule has 2 aromatic rings. The lowest BCUT2D eigenvalue weighted by Crippen LogP contribution is -2.47. The molecule has 1 atom stereocenters. The lowest BCUT2D eigenvalue weighted by Gasteiger charge is -2.24. The van der Waals surface area contributed by atoms with Gasteiger partial charge in [-0.3, -0.25) is 14.4 Å². The lowest BCUT2D eigenvalue weighted by molar-refractivity contribution is -0.136. The van der Waals surface area contributed by atoms with Crippen LogP contribution in [0.3, 0.4) is 0 Å². The Morgan fingerprint density at radius 1 is 1.00 bits per heavy atom. The molecule has 2 N–H and O–H groups in total. The van der Waals surface area contributed by atoms with Crippen LogP contribution >= 0.6 is 11.6 Å². The number of halogens is 1. The average Bonchev–Trinajstić information content (AvgIpc) is 3.07. The van der Waals surface area contributed by atoms with Crippen molar-refractivity contribution >= 4 is 29.3 Å². The number of amides is 3. The van der Waals surface area contributed by atoms with Crippen molar-refractivity contribution in [3.8, 4) is 0 Å². The van der Waals surface area contributed by atoms with Gasteiger partial charge in [0.2, 0.25) is 17.7 Å². The summed E-state index contributed by atoms with van der Waals surface area (Å²) < 4.78 is 0. The summed E-state index contributed by atoms with van der Waals surface area (Å²) in [6, 6.07) is 16.2. The van der Waals surface area contributed by atoms with Gasteiger partial charge >= 0.3 is 0 Å². The van der Waals surface area contributed by atoms with Gasteiger partial charge in [0.05, 0.1) is 6.54 Å². The van der Waals surface area contributed by atoms with Crippen molar-refractivity contribution in [2.24, 2.45) is 0 Å². The maximum Gasteiger partial charge on any atom is 0.243 e. The van der Waals surface area contributed by atoms with E-state index < -0.39 is 6.04 Å². The topological polar surface area (TPSA) is 78.5 Å². The van der Waals surface area contributed by atoms with E-state index >= 15 is 0 Å². The molecule has 146 valence electrons. The van der Waals surface area contributed by atoms with Crippen LogP contribution in [0.2, 0.25) is 5.02 Å². The number of nitrogens with zero attached hydrogens (tertiary/aromatic N) is 1. The highest BCUT2D eigenvalue weighted by atomic mass is 35.5. The molecule has 1 heterocycles. The van der Waals surface area contributed by atoms with E-state index in [1.54, 1.807) is 17.0 Å². The summed E-state index contributed by atoms with van der Waals surface area (Å²) in [6.07, 6.45) is 0.803. The van der Waals surface area contributed by atoms with Gasteiger partial charge in [-0.25, -0.2) is 0 Å². The fourth-order valence-electron chi connectivity index (χ4n) is 3.14. The molecule has 0 spiro atoms. The quantitative estimate of drug-likeness (QED) is 0.749. The normalized spacial score (nSPS) is 16.1. The van der Waals surface area contributed by atoms with Crippen LogP contribution in [0.25, 0.3) is 0 Å². The van der Waals surface area contributed by atoms with Gasteiger partial charge in [0.1, 0.15) is 6.04 Å². The number of rotatable bonds is 7. The van der Waals surface area contributed by atoms with Gasteiger partial charge in [-0.15, -0.1) is 0 Å². The fraction of sp³-hybridized carbons (Fsp3) is 0.286. The molecular weight excluding hydrogens is 378 g/mol. The Labute approximate surface area is 168 Å². The average molecular weight is 400 g/mol. The molecule has 1 unspecified atom stereocenters. The first-order chi connectivity index (χ1) is 13.5. The molecule has 2 aromatic carbocycles. The van der Waals surface area contributed by atoms with Crippen LogP contribution in [0.5, 0.6) is 0 Å². The summed E-state index contributed by atoms with van der Waals surface area (Å²) in [5, 5.41) is 6.02. The van der Waals surface area contributed by atoms with Crippen molar-refractivity contribution in [2.75, 3.05) is 6.54 Å². The van der Waals surface area contributed by atoms with Gasteiger partial charge in [-0.1, -0.05) is 54.1 Å². The second kappa shape index (κ2) is 9.37. The Kier molecular flexibility index (Phi) is 6.66. The minimum absolute atomic E-state index is 0.0452. The van der Waals surface area contributed by atoms with Gasteiger partial charge in [0.15, 0.2) is 0 Å². The molecule has 1 saturated heterocycles. The van der Waals surface area contributed by atoms with E-state index in [-0.39, 0.29) is 24.3 Å². The van der Waals surface area contributed by atoms with Crippen LogP contribution < -0.4 is 10.6 Å². The van der Waals surface area contributed by atoms with E-state index in [2.05, 4.69) is 10.6 Å². The maximum absolute atomic E-state index is 12.5. The molecule has 6 nitrogen and oxygen atoms in total. The minimum Gasteiger partial charge on any atom is -0.350 e. The third-order valence-corrected chi connectivity index (χ3v) is 4.90. The van der Waals surface area contributed by atoms with E-state index in [0.717, 1.165) is 11.1 Å². The zero-order valence-corrected chi connectivity index (χ0v) is 16.1. The molecule has 3 rings (SSSR count). The Hall–Kier alpha value is -2.86. The summed E-state index contributed by atoms with van der Waals surface area (Å²) in [5.41, 5.74) is 1.88. The van der Waals surface area contributed by atoms with Crippen molar-refractivity contribution < 1.29 is 14.4 Å². The van der Waals surface area contributed by atoms with Gasteiger partial charge in [0.25, 0.3) is 0 Å². The summed E-state index contributed by atoms with van der Waals surface area (Å²) in [6.45, 7) is 0.616. The van der Waals surface area contributed by atoms with Crippen LogP contribution in [0.1, 0.15) is 24.0 Å². The summed E-state index contributed by atoms with van der Waals surface area (Å²) in [4.78, 5) is 38.3. The summed E-state index contributed by atoms with van der Waals surface area (Å²) in [7, 11) is 0. The molecule has 0 saturated carbocycles. The van der Waals surface area contributed by atoms with Gasteiger partial charge in [-0.05, 0) is 29.7 Å². The van der Waals surface area contributed by atoms with Crippen LogP contribution in [0.4, 0.5) is 0 Å². The molecule has 1 fully saturated rings. The minimum atomic E-state index is -0.545. The number of likely N-dealkylation sites (tertiary alicyclic amines) is 1. The Morgan fingerprint density at radius 2 is 1.71 bits per heavy atom. The van der Waals surface area contributed by atoms with Gasteiger partial charge in [0, 0.05) is 24.5 Å². The highest BCUT2D eigenvalue weighted by Gasteiger charge is 2.35. The van der Waals surface area contributed by atoms with Crippen LogP contribution in [0, 0.1) is 0 Å². The maximum atomic E-state index is 12.5. The number of carbonyl (C=O) groups excluding carboxylic acids is 3.